The Labute approximate surface area is 237 Å². The molecule has 0 unspecified atom stereocenters. The van der Waals surface area contributed by atoms with Gasteiger partial charge in [0.2, 0.25) is 0 Å². The fourth-order valence-electron chi connectivity index (χ4n) is 5.56. The van der Waals surface area contributed by atoms with Gasteiger partial charge in [-0.2, -0.15) is 0 Å². The van der Waals surface area contributed by atoms with E-state index in [1.54, 1.807) is 0 Å². The van der Waals surface area contributed by atoms with E-state index in [1.165, 1.54) is 17.0 Å². The highest BCUT2D eigenvalue weighted by molar-refractivity contribution is 8.19. The molecule has 0 spiro atoms. The maximum atomic E-state index is 9.30. The predicted octanol–water partition coefficient (Wildman–Crippen LogP) is 7.67. The van der Waals surface area contributed by atoms with E-state index < -0.39 is 21.7 Å². The van der Waals surface area contributed by atoms with Gasteiger partial charge in [-0.15, -0.1) is 0 Å². The summed E-state index contributed by atoms with van der Waals surface area (Å²) in [6, 6.07) is 8.38. The van der Waals surface area contributed by atoms with Crippen LogP contribution in [-0.4, -0.2) is 68.7 Å². The van der Waals surface area contributed by atoms with Crippen LogP contribution in [-0.2, 0) is 5.41 Å². The Morgan fingerprint density at radius 3 is 2.15 bits per heavy atom. The SMILES string of the molecule is CC1(C)CC[N+](CCCCS(O)(O)O)=C1C=CC=CC=C1N(CCCCS(O)(O)O)c2ccccc2C1(C)C. The molecule has 0 aromatic heterocycles. The Bertz CT molecular complexity index is 1110. The van der Waals surface area contributed by atoms with Crippen molar-refractivity contribution in [2.45, 2.75) is 65.2 Å². The van der Waals surface area contributed by atoms with Crippen LogP contribution in [0.2, 0.25) is 0 Å². The van der Waals surface area contributed by atoms with E-state index in [0.29, 0.717) is 12.8 Å². The molecule has 0 fully saturated rings. The van der Waals surface area contributed by atoms with Crippen molar-refractivity contribution in [3.8, 4) is 0 Å². The van der Waals surface area contributed by atoms with Crippen LogP contribution in [0, 0.1) is 5.41 Å². The topological polar surface area (TPSA) is 128 Å². The summed E-state index contributed by atoms with van der Waals surface area (Å²) < 4.78 is 57.8. The zero-order valence-corrected chi connectivity index (χ0v) is 25.3. The first kappa shape index (κ1) is 31.9. The second kappa shape index (κ2) is 12.9. The molecule has 0 amide bonds. The lowest BCUT2D eigenvalue weighted by Crippen LogP contribution is -2.27. The summed E-state index contributed by atoms with van der Waals surface area (Å²) >= 11 is 0. The van der Waals surface area contributed by atoms with Crippen molar-refractivity contribution in [2.24, 2.45) is 5.41 Å². The van der Waals surface area contributed by atoms with Gasteiger partial charge >= 0.3 is 0 Å². The number of rotatable bonds is 13. The molecule has 0 saturated carbocycles. The first-order valence-corrected chi connectivity index (χ1v) is 17.0. The Morgan fingerprint density at radius 2 is 1.49 bits per heavy atom. The highest BCUT2D eigenvalue weighted by atomic mass is 32.3. The van der Waals surface area contributed by atoms with Crippen LogP contribution in [0.4, 0.5) is 5.69 Å². The minimum absolute atomic E-state index is 0.00601. The van der Waals surface area contributed by atoms with Gasteiger partial charge in [-0.1, -0.05) is 50.3 Å². The first-order chi connectivity index (χ1) is 18.1. The number of unbranched alkanes of at least 4 members (excludes halogenated alkanes) is 2. The van der Waals surface area contributed by atoms with Gasteiger partial charge in [-0.3, -0.25) is 0 Å². The Hall–Kier alpha value is -1.63. The number of hydrogen-bond donors (Lipinski definition) is 6. The van der Waals surface area contributed by atoms with Crippen molar-refractivity contribution in [1.29, 1.82) is 0 Å². The van der Waals surface area contributed by atoms with E-state index in [-0.39, 0.29) is 22.3 Å². The van der Waals surface area contributed by atoms with Gasteiger partial charge in [0.25, 0.3) is 0 Å². The molecule has 220 valence electrons. The van der Waals surface area contributed by atoms with Crippen molar-refractivity contribution in [3.63, 3.8) is 0 Å². The van der Waals surface area contributed by atoms with Crippen LogP contribution in [0.25, 0.3) is 0 Å². The Kier molecular flexibility index (Phi) is 10.6. The molecule has 0 saturated heterocycles. The van der Waals surface area contributed by atoms with Gasteiger partial charge in [-0.25, -0.2) is 4.58 Å². The lowest BCUT2D eigenvalue weighted by molar-refractivity contribution is -0.519. The summed E-state index contributed by atoms with van der Waals surface area (Å²) in [6.45, 7) is 11.4. The van der Waals surface area contributed by atoms with Crippen molar-refractivity contribution in [3.05, 3.63) is 65.9 Å². The van der Waals surface area contributed by atoms with E-state index in [9.17, 15) is 27.3 Å². The van der Waals surface area contributed by atoms with E-state index in [1.807, 2.05) is 12.1 Å². The second-order valence-corrected chi connectivity index (χ2v) is 15.0. The largest absolute Gasteiger partial charge is 0.344 e. The molecule has 39 heavy (non-hydrogen) atoms. The fraction of sp³-hybridized carbons (Fsp3) is 0.552. The summed E-state index contributed by atoms with van der Waals surface area (Å²) in [5.74, 6) is 0.0180. The quantitative estimate of drug-likeness (QED) is 0.0799. The Morgan fingerprint density at radius 1 is 0.846 bits per heavy atom. The van der Waals surface area contributed by atoms with Crippen LogP contribution in [0.3, 0.4) is 0 Å². The minimum atomic E-state index is -3.46. The third-order valence-corrected chi connectivity index (χ3v) is 9.39. The van der Waals surface area contributed by atoms with Crippen LogP contribution in [0.1, 0.15) is 65.4 Å². The van der Waals surface area contributed by atoms with E-state index >= 15 is 0 Å². The van der Waals surface area contributed by atoms with Crippen molar-refractivity contribution >= 4 is 33.1 Å². The summed E-state index contributed by atoms with van der Waals surface area (Å²) in [5.41, 5.74) is 4.74. The van der Waals surface area contributed by atoms with Crippen LogP contribution >= 0.6 is 21.7 Å². The number of nitrogens with zero attached hydrogens (tertiary/aromatic N) is 2. The number of fused-ring (bicyclic) bond motifs is 1. The minimum Gasteiger partial charge on any atom is -0.344 e. The predicted molar refractivity (Wildman–Crippen MR) is 166 cm³/mol. The number of allylic oxidation sites excluding steroid dienone is 6. The molecule has 0 bridgehead atoms. The molecule has 3 rings (SSSR count). The van der Waals surface area contributed by atoms with Crippen LogP contribution in [0.15, 0.2) is 60.3 Å². The molecule has 8 nitrogen and oxygen atoms in total. The molecule has 2 aliphatic heterocycles. The third kappa shape index (κ3) is 8.93. The van der Waals surface area contributed by atoms with Crippen molar-refractivity contribution in [2.75, 3.05) is 36.0 Å². The number of benzene rings is 1. The average molecular weight is 584 g/mol. The lowest BCUT2D eigenvalue weighted by atomic mass is 9.84. The smallest absolute Gasteiger partial charge is 0.181 e. The van der Waals surface area contributed by atoms with Gasteiger partial charge < -0.3 is 32.2 Å². The second-order valence-electron chi connectivity index (χ2n) is 11.7. The van der Waals surface area contributed by atoms with Gasteiger partial charge in [-0.05, 0) is 50.8 Å². The summed E-state index contributed by atoms with van der Waals surface area (Å²) in [4.78, 5) is 2.30. The van der Waals surface area contributed by atoms with Gasteiger partial charge in [0.05, 0.1) is 27.2 Å². The van der Waals surface area contributed by atoms with Gasteiger partial charge in [0, 0.05) is 53.8 Å². The molecule has 2 aliphatic rings. The average Bonchev–Trinajstić information content (AvgIpc) is 3.22. The summed E-state index contributed by atoms with van der Waals surface area (Å²) in [6.07, 6.45) is 14.2. The standard InChI is InChI=1S/C29H46N2O6S2/c1-28(2)18-21-30(19-10-12-22-38(32,33)34)26(28)16-6-5-7-17-27-29(3,4)24-14-8-9-15-25(24)31(27)20-11-13-23-39(35,36)37/h5-9,14-17H,10-13,18-23H2,1-4H3,(H5-,32,33,34,35,36,37)/p+1. The van der Waals surface area contributed by atoms with E-state index in [0.717, 1.165) is 44.6 Å². The maximum absolute atomic E-state index is 9.30. The zero-order valence-electron chi connectivity index (χ0n) is 23.7. The van der Waals surface area contributed by atoms with Crippen molar-refractivity contribution in [1.82, 2.24) is 0 Å². The molecule has 10 heteroatoms. The van der Waals surface area contributed by atoms with Gasteiger partial charge in [0.1, 0.15) is 13.1 Å². The molecule has 1 aromatic carbocycles. The monoisotopic (exact) mass is 583 g/mol. The highest BCUT2D eigenvalue weighted by Gasteiger charge is 2.39. The van der Waals surface area contributed by atoms with Gasteiger partial charge in [0.15, 0.2) is 5.71 Å². The van der Waals surface area contributed by atoms with Crippen LogP contribution < -0.4 is 4.90 Å². The number of anilines is 1. The van der Waals surface area contributed by atoms with Crippen LogP contribution in [0.5, 0.6) is 0 Å². The molecule has 0 aliphatic carbocycles. The van der Waals surface area contributed by atoms with Crippen molar-refractivity contribution < 1.29 is 31.9 Å². The molecule has 0 radical (unpaired) electrons. The zero-order chi connectivity index (χ0) is 28.9. The first-order valence-electron chi connectivity index (χ1n) is 13.6. The fourth-order valence-corrected chi connectivity index (χ4v) is 6.74. The summed E-state index contributed by atoms with van der Waals surface area (Å²) in [7, 11) is -6.87. The molecule has 0 atom stereocenters. The molecule has 2 heterocycles. The summed E-state index contributed by atoms with van der Waals surface area (Å²) in [5, 5.41) is 0. The maximum Gasteiger partial charge on any atom is 0.181 e. The lowest BCUT2D eigenvalue weighted by Gasteiger charge is -2.27. The molecular formula is C29H47N2O6S2+. The van der Waals surface area contributed by atoms with E-state index in [4.69, 9.17) is 0 Å². The number of para-hydroxylation sites is 1. The molecular weight excluding hydrogens is 536 g/mol. The van der Waals surface area contributed by atoms with E-state index in [2.05, 4.69) is 79.7 Å². The molecule has 1 aromatic rings. The highest BCUT2D eigenvalue weighted by Crippen LogP contribution is 2.47. The Balaban J connectivity index is 1.72. The third-order valence-electron chi connectivity index (χ3n) is 7.72. The normalized spacial score (nSPS) is 21.1. The molecule has 6 N–H and O–H groups in total. The number of hydrogen-bond acceptors (Lipinski definition) is 7.